The zero-order valence-electron chi connectivity index (χ0n) is 12.8. The van der Waals surface area contributed by atoms with Gasteiger partial charge in [0.15, 0.2) is 0 Å². The lowest BCUT2D eigenvalue weighted by molar-refractivity contribution is -0.118. The van der Waals surface area contributed by atoms with E-state index in [4.69, 9.17) is 16.3 Å². The molecule has 21 heavy (non-hydrogen) atoms. The molecule has 0 saturated heterocycles. The van der Waals surface area contributed by atoms with Crippen LogP contribution in [-0.2, 0) is 22.1 Å². The van der Waals surface area contributed by atoms with Gasteiger partial charge in [0.1, 0.15) is 11.5 Å². The molecule has 0 spiro atoms. The summed E-state index contributed by atoms with van der Waals surface area (Å²) in [7, 11) is 0.400. The summed E-state index contributed by atoms with van der Waals surface area (Å²) in [6.07, 6.45) is 0. The predicted molar refractivity (Wildman–Crippen MR) is 87.2 cm³/mol. The van der Waals surface area contributed by atoms with Gasteiger partial charge in [0, 0.05) is 33.2 Å². The van der Waals surface area contributed by atoms with Gasteiger partial charge in [0.2, 0.25) is 5.91 Å². The Bertz CT molecular complexity index is 520. The molecule has 0 aliphatic rings. The number of nitrogens with one attached hydrogen (secondary N) is 1. The Morgan fingerprint density at radius 1 is 1.38 bits per heavy atom. The number of halogens is 1. The van der Waals surface area contributed by atoms with Crippen LogP contribution in [0.1, 0.15) is 26.3 Å². The summed E-state index contributed by atoms with van der Waals surface area (Å²) >= 11 is 5.93. The number of hydrogen-bond acceptors (Lipinski definition) is 3. The Balaban J connectivity index is 2.57. The smallest absolute Gasteiger partial charge is 0.232 e. The molecular formula is C15H22ClNO3S. The summed E-state index contributed by atoms with van der Waals surface area (Å²) in [5.74, 6) is 0.730. The standard InChI is InChI=1S/C15H22ClNO3S/c1-10(2)11(3)21(19)9-15(18)17-8-12-7-13(16)5-6-14(12)20-4/h5-7,10-11H,8-9H2,1-4H3,(H,17,18)/t11-,21+/m1/s1. The number of benzene rings is 1. The first-order valence-electron chi connectivity index (χ1n) is 6.81. The van der Waals surface area contributed by atoms with Crippen LogP contribution < -0.4 is 10.1 Å². The van der Waals surface area contributed by atoms with Crippen molar-refractivity contribution in [2.75, 3.05) is 12.9 Å². The van der Waals surface area contributed by atoms with E-state index in [1.165, 1.54) is 0 Å². The highest BCUT2D eigenvalue weighted by molar-refractivity contribution is 7.86. The number of ether oxygens (including phenoxy) is 1. The second-order valence-corrected chi connectivity index (χ2v) is 7.44. The molecule has 4 nitrogen and oxygen atoms in total. The normalized spacial score (nSPS) is 13.8. The van der Waals surface area contributed by atoms with Gasteiger partial charge in [-0.3, -0.25) is 9.00 Å². The second kappa shape index (κ2) is 8.39. The van der Waals surface area contributed by atoms with Gasteiger partial charge in [-0.1, -0.05) is 32.4 Å². The topological polar surface area (TPSA) is 55.4 Å². The van der Waals surface area contributed by atoms with Gasteiger partial charge in [-0.25, -0.2) is 0 Å². The van der Waals surface area contributed by atoms with E-state index >= 15 is 0 Å². The first kappa shape index (κ1) is 18.0. The Morgan fingerprint density at radius 3 is 2.62 bits per heavy atom. The third kappa shape index (κ3) is 5.67. The fourth-order valence-electron chi connectivity index (χ4n) is 1.69. The van der Waals surface area contributed by atoms with Crippen LogP contribution >= 0.6 is 11.6 Å². The monoisotopic (exact) mass is 331 g/mol. The Morgan fingerprint density at radius 2 is 2.05 bits per heavy atom. The van der Waals surface area contributed by atoms with Crippen LogP contribution in [0, 0.1) is 5.92 Å². The maximum atomic E-state index is 12.0. The number of carbonyl (C=O) groups excluding carboxylic acids is 1. The molecule has 0 radical (unpaired) electrons. The molecule has 0 saturated carbocycles. The quantitative estimate of drug-likeness (QED) is 0.835. The maximum absolute atomic E-state index is 12.0. The minimum Gasteiger partial charge on any atom is -0.496 e. The number of hydrogen-bond donors (Lipinski definition) is 1. The molecule has 0 aromatic heterocycles. The van der Waals surface area contributed by atoms with E-state index in [1.807, 2.05) is 20.8 Å². The lowest BCUT2D eigenvalue weighted by atomic mass is 10.2. The molecule has 6 heteroatoms. The lowest BCUT2D eigenvalue weighted by Gasteiger charge is -2.15. The molecule has 1 aromatic carbocycles. The molecule has 0 bridgehead atoms. The van der Waals surface area contributed by atoms with Crippen molar-refractivity contribution < 1.29 is 13.7 Å². The molecule has 1 aromatic rings. The first-order valence-corrected chi connectivity index (χ1v) is 8.57. The number of rotatable bonds is 7. The molecule has 1 rings (SSSR count). The average Bonchev–Trinajstić information content (AvgIpc) is 2.44. The maximum Gasteiger partial charge on any atom is 0.232 e. The lowest BCUT2D eigenvalue weighted by Crippen LogP contribution is -2.32. The summed E-state index contributed by atoms with van der Waals surface area (Å²) in [5.41, 5.74) is 0.793. The van der Waals surface area contributed by atoms with E-state index in [-0.39, 0.29) is 22.8 Å². The highest BCUT2D eigenvalue weighted by Crippen LogP contribution is 2.22. The molecule has 0 aliphatic carbocycles. The van der Waals surface area contributed by atoms with Gasteiger partial charge in [-0.15, -0.1) is 0 Å². The second-order valence-electron chi connectivity index (χ2n) is 5.21. The largest absolute Gasteiger partial charge is 0.496 e. The molecule has 0 unspecified atom stereocenters. The van der Waals surface area contributed by atoms with Crippen molar-refractivity contribution in [3.05, 3.63) is 28.8 Å². The van der Waals surface area contributed by atoms with E-state index in [2.05, 4.69) is 5.32 Å². The van der Waals surface area contributed by atoms with Gasteiger partial charge in [-0.05, 0) is 24.1 Å². The number of amides is 1. The van der Waals surface area contributed by atoms with Crippen LogP contribution in [-0.4, -0.2) is 28.2 Å². The van der Waals surface area contributed by atoms with Crippen LogP contribution in [0.5, 0.6) is 5.75 Å². The van der Waals surface area contributed by atoms with Crippen molar-refractivity contribution in [2.24, 2.45) is 5.92 Å². The van der Waals surface area contributed by atoms with Crippen molar-refractivity contribution in [3.8, 4) is 5.75 Å². The average molecular weight is 332 g/mol. The van der Waals surface area contributed by atoms with Crippen molar-refractivity contribution in [1.82, 2.24) is 5.32 Å². The molecular weight excluding hydrogens is 310 g/mol. The minimum atomic E-state index is -1.16. The molecule has 0 heterocycles. The highest BCUT2D eigenvalue weighted by Gasteiger charge is 2.18. The van der Waals surface area contributed by atoms with Crippen LogP contribution in [0.3, 0.4) is 0 Å². The zero-order chi connectivity index (χ0) is 16.0. The molecule has 1 amide bonds. The summed E-state index contributed by atoms with van der Waals surface area (Å²) in [6, 6.07) is 5.22. The van der Waals surface area contributed by atoms with E-state index in [0.29, 0.717) is 17.3 Å². The molecule has 0 aliphatic heterocycles. The summed E-state index contributed by atoms with van der Waals surface area (Å²) < 4.78 is 17.2. The number of carbonyl (C=O) groups is 1. The van der Waals surface area contributed by atoms with Gasteiger partial charge < -0.3 is 10.1 Å². The fraction of sp³-hybridized carbons (Fsp3) is 0.533. The Hall–Kier alpha value is -1.07. The Labute approximate surface area is 133 Å². The van der Waals surface area contributed by atoms with Crippen LogP contribution in [0.15, 0.2) is 18.2 Å². The third-order valence-electron chi connectivity index (χ3n) is 3.35. The van der Waals surface area contributed by atoms with E-state index in [9.17, 15) is 9.00 Å². The van der Waals surface area contributed by atoms with Crippen LogP contribution in [0.4, 0.5) is 0 Å². The van der Waals surface area contributed by atoms with Crippen molar-refractivity contribution in [2.45, 2.75) is 32.6 Å². The van der Waals surface area contributed by atoms with Crippen LogP contribution in [0.2, 0.25) is 5.02 Å². The Kier molecular flexibility index (Phi) is 7.18. The summed E-state index contributed by atoms with van der Waals surface area (Å²) in [4.78, 5) is 11.9. The number of methoxy groups -OCH3 is 1. The molecule has 1 N–H and O–H groups in total. The summed E-state index contributed by atoms with van der Waals surface area (Å²) in [5, 5.41) is 3.33. The highest BCUT2D eigenvalue weighted by atomic mass is 35.5. The van der Waals surface area contributed by atoms with Crippen LogP contribution in [0.25, 0.3) is 0 Å². The van der Waals surface area contributed by atoms with Gasteiger partial charge in [0.25, 0.3) is 0 Å². The first-order chi connectivity index (χ1) is 9.85. The third-order valence-corrected chi connectivity index (χ3v) is 5.50. The van der Waals surface area contributed by atoms with E-state index in [0.717, 1.165) is 5.56 Å². The van der Waals surface area contributed by atoms with Gasteiger partial charge in [0.05, 0.1) is 7.11 Å². The molecule has 0 fully saturated rings. The van der Waals surface area contributed by atoms with Gasteiger partial charge >= 0.3 is 0 Å². The van der Waals surface area contributed by atoms with Crippen molar-refractivity contribution >= 4 is 28.3 Å². The van der Waals surface area contributed by atoms with Gasteiger partial charge in [-0.2, -0.15) is 0 Å². The van der Waals surface area contributed by atoms with E-state index in [1.54, 1.807) is 25.3 Å². The zero-order valence-corrected chi connectivity index (χ0v) is 14.4. The molecule has 118 valence electrons. The summed E-state index contributed by atoms with van der Waals surface area (Å²) in [6.45, 7) is 6.19. The SMILES string of the molecule is COc1ccc(Cl)cc1CNC(=O)C[S@](=O)[C@H](C)C(C)C. The van der Waals surface area contributed by atoms with Crippen molar-refractivity contribution in [1.29, 1.82) is 0 Å². The fourth-order valence-corrected chi connectivity index (χ4v) is 3.12. The minimum absolute atomic E-state index is 0.00328. The predicted octanol–water partition coefficient (Wildman–Crippen LogP) is 2.76. The van der Waals surface area contributed by atoms with Crippen molar-refractivity contribution in [3.63, 3.8) is 0 Å². The van der Waals surface area contributed by atoms with E-state index < -0.39 is 10.8 Å². The molecule has 2 atom stereocenters.